The van der Waals surface area contributed by atoms with Crippen molar-refractivity contribution in [3.05, 3.63) is 119 Å². The van der Waals surface area contributed by atoms with Crippen LogP contribution in [0.1, 0.15) is 38.2 Å². The van der Waals surface area contributed by atoms with Crippen LogP contribution in [-0.4, -0.2) is 35.1 Å². The van der Waals surface area contributed by atoms with Gasteiger partial charge < -0.3 is 0 Å². The number of amides is 1. The molecule has 0 radical (unpaired) electrons. The number of carbonyl (C=O) groups excluding carboxylic acids is 1. The molecule has 0 N–H and O–H groups in total. The number of aromatic nitrogens is 2. The lowest BCUT2D eigenvalue weighted by molar-refractivity contribution is 0.0985. The highest BCUT2D eigenvalue weighted by atomic mass is 32.2. The first-order valence-electron chi connectivity index (χ1n) is 13.1. The van der Waals surface area contributed by atoms with Crippen molar-refractivity contribution in [2.75, 3.05) is 11.4 Å². The van der Waals surface area contributed by atoms with Crippen molar-refractivity contribution >= 4 is 42.6 Å². The minimum atomic E-state index is -3.70. The van der Waals surface area contributed by atoms with Gasteiger partial charge in [0, 0.05) is 31.0 Å². The van der Waals surface area contributed by atoms with Gasteiger partial charge in [-0.15, -0.1) is 0 Å². The number of anilines is 1. The number of aryl methyl sites for hydroxylation is 2. The van der Waals surface area contributed by atoms with Crippen LogP contribution in [0.3, 0.4) is 0 Å². The van der Waals surface area contributed by atoms with Gasteiger partial charge in [-0.3, -0.25) is 14.7 Å². The quantitative estimate of drug-likeness (QED) is 0.255. The van der Waals surface area contributed by atoms with Crippen molar-refractivity contribution in [1.82, 2.24) is 14.3 Å². The lowest BCUT2D eigenvalue weighted by Gasteiger charge is -2.28. The molecule has 9 heteroatoms. The number of hydrogen-bond acceptors (Lipinski definition) is 6. The van der Waals surface area contributed by atoms with Crippen LogP contribution in [0, 0.1) is 13.8 Å². The maximum Gasteiger partial charge on any atom is 0.260 e. The third kappa shape index (κ3) is 5.03. The molecule has 0 bridgehead atoms. The van der Waals surface area contributed by atoms with Gasteiger partial charge >= 0.3 is 0 Å². The van der Waals surface area contributed by atoms with E-state index in [1.165, 1.54) is 33.3 Å². The zero-order valence-corrected chi connectivity index (χ0v) is 23.9. The van der Waals surface area contributed by atoms with Crippen molar-refractivity contribution in [3.63, 3.8) is 0 Å². The third-order valence-corrected chi connectivity index (χ3v) is 10.3. The van der Waals surface area contributed by atoms with Crippen LogP contribution >= 0.6 is 11.3 Å². The highest BCUT2D eigenvalue weighted by molar-refractivity contribution is 7.89. The van der Waals surface area contributed by atoms with Crippen molar-refractivity contribution < 1.29 is 13.2 Å². The maximum absolute atomic E-state index is 13.9. The molecule has 0 saturated heterocycles. The molecule has 5 aromatic rings. The summed E-state index contributed by atoms with van der Waals surface area (Å²) in [7, 11) is -3.70. The number of carbonyl (C=O) groups is 1. The van der Waals surface area contributed by atoms with E-state index in [0.717, 1.165) is 32.5 Å². The Morgan fingerprint density at radius 1 is 1.00 bits per heavy atom. The Balaban J connectivity index is 1.30. The van der Waals surface area contributed by atoms with Crippen LogP contribution in [-0.2, 0) is 29.5 Å². The second-order valence-electron chi connectivity index (χ2n) is 10.1. The second kappa shape index (κ2) is 10.6. The maximum atomic E-state index is 13.9. The average molecular weight is 569 g/mol. The second-order valence-corrected chi connectivity index (χ2v) is 13.0. The summed E-state index contributed by atoms with van der Waals surface area (Å²) in [5.41, 5.74) is 6.54. The average Bonchev–Trinajstić information content (AvgIpc) is 3.40. The Bertz CT molecular complexity index is 1820. The molecule has 0 unspecified atom stereocenters. The molecule has 2 aromatic heterocycles. The van der Waals surface area contributed by atoms with Gasteiger partial charge in [-0.05, 0) is 84.5 Å². The first-order chi connectivity index (χ1) is 19.3. The van der Waals surface area contributed by atoms with Gasteiger partial charge in [0.15, 0.2) is 5.13 Å². The smallest absolute Gasteiger partial charge is 0.260 e. The molecule has 0 atom stereocenters. The number of pyridine rings is 1. The van der Waals surface area contributed by atoms with Gasteiger partial charge in [0.25, 0.3) is 5.91 Å². The molecule has 3 aromatic carbocycles. The van der Waals surface area contributed by atoms with Crippen LogP contribution in [0.15, 0.2) is 90.1 Å². The van der Waals surface area contributed by atoms with Crippen molar-refractivity contribution in [2.45, 2.75) is 38.3 Å². The van der Waals surface area contributed by atoms with Crippen LogP contribution in [0.25, 0.3) is 10.2 Å². The number of fused-ring (bicyclic) bond motifs is 2. The largest absolute Gasteiger partial charge is 0.279 e. The molecule has 3 heterocycles. The molecule has 0 fully saturated rings. The van der Waals surface area contributed by atoms with Gasteiger partial charge in [-0.25, -0.2) is 13.4 Å². The van der Waals surface area contributed by atoms with E-state index in [1.807, 2.05) is 56.3 Å². The number of thiazole rings is 1. The SMILES string of the molecule is Cc1cc(C)c2sc(N(Cc3cccnc3)C(=O)c3ccc(S(=O)(=O)N4CCc5ccccc5C4)cc3)nc2c1. The first kappa shape index (κ1) is 26.3. The van der Waals surface area contributed by atoms with Crippen LogP contribution < -0.4 is 4.90 Å². The predicted octanol–water partition coefficient (Wildman–Crippen LogP) is 5.90. The number of rotatable bonds is 6. The number of hydrogen-bond donors (Lipinski definition) is 0. The Hall–Kier alpha value is -3.92. The fourth-order valence-electron chi connectivity index (χ4n) is 5.13. The normalized spacial score (nSPS) is 13.8. The molecule has 0 aliphatic carbocycles. The van der Waals surface area contributed by atoms with E-state index in [-0.39, 0.29) is 17.3 Å². The van der Waals surface area contributed by atoms with Gasteiger partial charge in [0.1, 0.15) is 0 Å². The minimum Gasteiger partial charge on any atom is -0.279 e. The Morgan fingerprint density at radius 2 is 1.77 bits per heavy atom. The standard InChI is InChI=1S/C31H28N4O3S2/c1-21-16-22(2)29-28(17-21)33-31(39-29)35(19-23-6-5-14-32-18-23)30(36)25-9-11-27(12-10-25)40(37,38)34-15-13-24-7-3-4-8-26(24)20-34/h3-12,14,16-18H,13,15,19-20H2,1-2H3. The molecule has 6 rings (SSSR count). The summed E-state index contributed by atoms with van der Waals surface area (Å²) >= 11 is 1.47. The van der Waals surface area contributed by atoms with Crippen LogP contribution in [0.2, 0.25) is 0 Å². The Morgan fingerprint density at radius 3 is 2.52 bits per heavy atom. The van der Waals surface area contributed by atoms with Gasteiger partial charge in [0.05, 0.1) is 21.7 Å². The summed E-state index contributed by atoms with van der Waals surface area (Å²) < 4.78 is 29.4. The zero-order chi connectivity index (χ0) is 27.9. The minimum absolute atomic E-state index is 0.174. The fourth-order valence-corrected chi connectivity index (χ4v) is 7.56. The van der Waals surface area contributed by atoms with E-state index in [2.05, 4.69) is 11.1 Å². The lowest BCUT2D eigenvalue weighted by atomic mass is 10.0. The lowest BCUT2D eigenvalue weighted by Crippen LogP contribution is -2.36. The molecule has 1 amide bonds. The molecule has 0 saturated carbocycles. The van der Waals surface area contributed by atoms with Crippen molar-refractivity contribution in [3.8, 4) is 0 Å². The molecule has 7 nitrogen and oxygen atoms in total. The molecule has 0 spiro atoms. The number of nitrogens with zero attached hydrogens (tertiary/aromatic N) is 4. The number of benzene rings is 3. The molecular formula is C31H28N4O3S2. The molecular weight excluding hydrogens is 541 g/mol. The summed E-state index contributed by atoms with van der Waals surface area (Å²) in [4.78, 5) is 24.7. The molecule has 40 heavy (non-hydrogen) atoms. The van der Waals surface area contributed by atoms with E-state index < -0.39 is 10.0 Å². The zero-order valence-electron chi connectivity index (χ0n) is 22.2. The summed E-state index contributed by atoms with van der Waals surface area (Å²) in [5.74, 6) is -0.256. The Labute approximate surface area is 237 Å². The number of sulfonamides is 1. The van der Waals surface area contributed by atoms with E-state index in [0.29, 0.717) is 30.2 Å². The summed E-state index contributed by atoms with van der Waals surface area (Å²) in [5, 5.41) is 0.584. The highest BCUT2D eigenvalue weighted by Gasteiger charge is 2.29. The molecule has 1 aliphatic rings. The van der Waals surface area contributed by atoms with Crippen molar-refractivity contribution in [1.29, 1.82) is 0 Å². The Kier molecular flexibility index (Phi) is 6.95. The van der Waals surface area contributed by atoms with Crippen LogP contribution in [0.4, 0.5) is 5.13 Å². The summed E-state index contributed by atoms with van der Waals surface area (Å²) in [6.45, 7) is 5.13. The van der Waals surface area contributed by atoms with Gasteiger partial charge in [-0.1, -0.05) is 47.7 Å². The predicted molar refractivity (Wildman–Crippen MR) is 158 cm³/mol. The van der Waals surface area contributed by atoms with E-state index >= 15 is 0 Å². The fraction of sp³-hybridized carbons (Fsp3) is 0.194. The molecule has 202 valence electrons. The monoisotopic (exact) mass is 568 g/mol. The third-order valence-electron chi connectivity index (χ3n) is 7.18. The van der Waals surface area contributed by atoms with Crippen molar-refractivity contribution in [2.24, 2.45) is 0 Å². The van der Waals surface area contributed by atoms with E-state index in [1.54, 1.807) is 29.4 Å². The summed E-state index contributed by atoms with van der Waals surface area (Å²) in [6.07, 6.45) is 4.10. The van der Waals surface area contributed by atoms with E-state index in [9.17, 15) is 13.2 Å². The summed E-state index contributed by atoms with van der Waals surface area (Å²) in [6, 6.07) is 22.0. The first-order valence-corrected chi connectivity index (χ1v) is 15.3. The van der Waals surface area contributed by atoms with Gasteiger partial charge in [0.2, 0.25) is 10.0 Å². The van der Waals surface area contributed by atoms with Gasteiger partial charge in [-0.2, -0.15) is 4.31 Å². The highest BCUT2D eigenvalue weighted by Crippen LogP contribution is 2.34. The van der Waals surface area contributed by atoms with E-state index in [4.69, 9.17) is 4.98 Å². The topological polar surface area (TPSA) is 83.5 Å². The molecule has 1 aliphatic heterocycles. The van der Waals surface area contributed by atoms with Crippen LogP contribution in [0.5, 0.6) is 0 Å².